The molecule has 1 saturated heterocycles. The first-order valence-electron chi connectivity index (χ1n) is 9.33. The van der Waals surface area contributed by atoms with Crippen LogP contribution in [0.15, 0.2) is 23.1 Å². The molecular weight excluding hydrogens is 366 g/mol. The Morgan fingerprint density at radius 1 is 1.11 bits per heavy atom. The quantitative estimate of drug-likeness (QED) is 0.733. The SMILES string of the molecule is CC(C)NC(=O)CN1CCN(C(=O)CSc2ccc3c(c2)OCCO3)CC1. The molecule has 0 saturated carbocycles. The molecule has 2 aliphatic rings. The van der Waals surface area contributed by atoms with E-state index in [-0.39, 0.29) is 17.9 Å². The van der Waals surface area contributed by atoms with Crippen LogP contribution in [0.3, 0.4) is 0 Å². The Morgan fingerprint density at radius 3 is 2.52 bits per heavy atom. The molecule has 27 heavy (non-hydrogen) atoms. The third-order valence-corrected chi connectivity index (χ3v) is 5.40. The lowest BCUT2D eigenvalue weighted by atomic mass is 10.3. The van der Waals surface area contributed by atoms with Crippen LogP contribution in [0, 0.1) is 0 Å². The van der Waals surface area contributed by atoms with Crippen molar-refractivity contribution >= 4 is 23.6 Å². The van der Waals surface area contributed by atoms with Crippen molar-refractivity contribution in [3.63, 3.8) is 0 Å². The van der Waals surface area contributed by atoms with Gasteiger partial charge in [-0.15, -0.1) is 11.8 Å². The number of hydrogen-bond donors (Lipinski definition) is 1. The summed E-state index contributed by atoms with van der Waals surface area (Å²) >= 11 is 1.51. The Balaban J connectivity index is 1.41. The molecular formula is C19H27N3O4S. The molecule has 2 heterocycles. The lowest BCUT2D eigenvalue weighted by Gasteiger charge is -2.34. The fraction of sp³-hybridized carbons (Fsp3) is 0.579. The largest absolute Gasteiger partial charge is 0.486 e. The van der Waals surface area contributed by atoms with E-state index in [0.29, 0.717) is 38.6 Å². The van der Waals surface area contributed by atoms with Gasteiger partial charge in [-0.3, -0.25) is 14.5 Å². The van der Waals surface area contributed by atoms with Gasteiger partial charge < -0.3 is 19.7 Å². The minimum atomic E-state index is 0.0407. The van der Waals surface area contributed by atoms with Crippen LogP contribution < -0.4 is 14.8 Å². The van der Waals surface area contributed by atoms with Gasteiger partial charge in [0, 0.05) is 37.1 Å². The molecule has 0 atom stereocenters. The number of fused-ring (bicyclic) bond motifs is 1. The summed E-state index contributed by atoms with van der Waals surface area (Å²) in [6.07, 6.45) is 0. The number of nitrogens with one attached hydrogen (secondary N) is 1. The first-order chi connectivity index (χ1) is 13.0. The van der Waals surface area contributed by atoms with Crippen molar-refractivity contribution in [2.24, 2.45) is 0 Å². The summed E-state index contributed by atoms with van der Waals surface area (Å²) in [5.74, 6) is 2.06. The molecule has 8 heteroatoms. The number of carbonyl (C=O) groups is 2. The number of carbonyl (C=O) groups excluding carboxylic acids is 2. The van der Waals surface area contributed by atoms with Crippen LogP contribution in [0.2, 0.25) is 0 Å². The molecule has 0 spiro atoms. The van der Waals surface area contributed by atoms with E-state index in [1.165, 1.54) is 11.8 Å². The number of ether oxygens (including phenoxy) is 2. The minimum absolute atomic E-state index is 0.0407. The third-order valence-electron chi connectivity index (χ3n) is 4.42. The normalized spacial score (nSPS) is 17.1. The molecule has 1 aromatic rings. The average molecular weight is 394 g/mol. The van der Waals surface area contributed by atoms with Crippen LogP contribution in [0.5, 0.6) is 11.5 Å². The first-order valence-corrected chi connectivity index (χ1v) is 10.3. The summed E-state index contributed by atoms with van der Waals surface area (Å²) in [5.41, 5.74) is 0. The number of nitrogens with zero attached hydrogens (tertiary/aromatic N) is 2. The van der Waals surface area contributed by atoms with Gasteiger partial charge in [0.05, 0.1) is 12.3 Å². The fourth-order valence-electron chi connectivity index (χ4n) is 3.08. The van der Waals surface area contributed by atoms with Crippen molar-refractivity contribution in [1.82, 2.24) is 15.1 Å². The maximum atomic E-state index is 12.5. The van der Waals surface area contributed by atoms with E-state index in [0.717, 1.165) is 29.5 Å². The van der Waals surface area contributed by atoms with Gasteiger partial charge in [-0.1, -0.05) is 0 Å². The van der Waals surface area contributed by atoms with Crippen molar-refractivity contribution < 1.29 is 19.1 Å². The number of hydrogen-bond acceptors (Lipinski definition) is 6. The Morgan fingerprint density at radius 2 is 1.81 bits per heavy atom. The van der Waals surface area contributed by atoms with Crippen molar-refractivity contribution in [3.8, 4) is 11.5 Å². The molecule has 0 aliphatic carbocycles. The zero-order valence-corrected chi connectivity index (χ0v) is 16.7. The van der Waals surface area contributed by atoms with Crippen molar-refractivity contribution in [2.75, 3.05) is 51.7 Å². The van der Waals surface area contributed by atoms with Crippen LogP contribution >= 0.6 is 11.8 Å². The summed E-state index contributed by atoms with van der Waals surface area (Å²) in [7, 11) is 0. The lowest BCUT2D eigenvalue weighted by Crippen LogP contribution is -2.51. The Labute approximate surface area is 164 Å². The highest BCUT2D eigenvalue weighted by Crippen LogP contribution is 2.34. The molecule has 2 aliphatic heterocycles. The second kappa shape index (κ2) is 9.32. The number of piperazine rings is 1. The molecule has 1 fully saturated rings. The molecule has 7 nitrogen and oxygen atoms in total. The van der Waals surface area contributed by atoms with Crippen molar-refractivity contribution in [2.45, 2.75) is 24.8 Å². The summed E-state index contributed by atoms with van der Waals surface area (Å²) < 4.78 is 11.1. The van der Waals surface area contributed by atoms with Gasteiger partial charge in [0.15, 0.2) is 11.5 Å². The molecule has 3 rings (SSSR count). The van der Waals surface area contributed by atoms with Crippen molar-refractivity contribution in [1.29, 1.82) is 0 Å². The fourth-order valence-corrected chi connectivity index (χ4v) is 3.90. The molecule has 1 aromatic carbocycles. The zero-order chi connectivity index (χ0) is 19.2. The Hall–Kier alpha value is -1.93. The smallest absolute Gasteiger partial charge is 0.234 e. The van der Waals surface area contributed by atoms with Gasteiger partial charge >= 0.3 is 0 Å². The number of rotatable bonds is 6. The van der Waals surface area contributed by atoms with E-state index >= 15 is 0 Å². The highest BCUT2D eigenvalue weighted by atomic mass is 32.2. The monoisotopic (exact) mass is 393 g/mol. The van der Waals surface area contributed by atoms with E-state index in [4.69, 9.17) is 9.47 Å². The van der Waals surface area contributed by atoms with Gasteiger partial charge in [0.2, 0.25) is 11.8 Å². The average Bonchev–Trinajstić information content (AvgIpc) is 2.66. The molecule has 0 radical (unpaired) electrons. The summed E-state index contributed by atoms with van der Waals surface area (Å²) in [4.78, 5) is 29.3. The predicted molar refractivity (Wildman–Crippen MR) is 104 cm³/mol. The second-order valence-corrected chi connectivity index (χ2v) is 8.02. The van der Waals surface area contributed by atoms with Crippen LogP contribution in [-0.4, -0.2) is 79.3 Å². The van der Waals surface area contributed by atoms with Crippen molar-refractivity contribution in [3.05, 3.63) is 18.2 Å². The molecule has 0 unspecified atom stereocenters. The Bertz CT molecular complexity index is 675. The van der Waals surface area contributed by atoms with Gasteiger partial charge in [0.1, 0.15) is 13.2 Å². The molecule has 0 bridgehead atoms. The maximum Gasteiger partial charge on any atom is 0.234 e. The number of benzene rings is 1. The highest BCUT2D eigenvalue weighted by molar-refractivity contribution is 8.00. The minimum Gasteiger partial charge on any atom is -0.486 e. The van der Waals surface area contributed by atoms with Gasteiger partial charge in [-0.2, -0.15) is 0 Å². The summed E-state index contributed by atoms with van der Waals surface area (Å²) in [6.45, 7) is 8.21. The molecule has 148 valence electrons. The van der Waals surface area contributed by atoms with E-state index in [9.17, 15) is 9.59 Å². The van der Waals surface area contributed by atoms with E-state index in [1.807, 2.05) is 36.9 Å². The summed E-state index contributed by atoms with van der Waals surface area (Å²) in [5, 5.41) is 2.90. The highest BCUT2D eigenvalue weighted by Gasteiger charge is 2.22. The van der Waals surface area contributed by atoms with Crippen LogP contribution in [0.1, 0.15) is 13.8 Å². The second-order valence-electron chi connectivity index (χ2n) is 6.97. The number of amides is 2. The molecule has 1 N–H and O–H groups in total. The van der Waals surface area contributed by atoms with Crippen LogP contribution in [0.25, 0.3) is 0 Å². The van der Waals surface area contributed by atoms with Gasteiger partial charge in [0.25, 0.3) is 0 Å². The molecule has 0 aromatic heterocycles. The standard InChI is InChI=1S/C19H27N3O4S/c1-14(2)20-18(23)12-21-5-7-22(8-6-21)19(24)13-27-15-3-4-16-17(11-15)26-10-9-25-16/h3-4,11,14H,5-10,12-13H2,1-2H3,(H,20,23). The summed E-state index contributed by atoms with van der Waals surface area (Å²) in [6, 6.07) is 5.93. The zero-order valence-electron chi connectivity index (χ0n) is 15.9. The van der Waals surface area contributed by atoms with E-state index in [1.54, 1.807) is 0 Å². The van der Waals surface area contributed by atoms with Crippen LogP contribution in [0.4, 0.5) is 0 Å². The van der Waals surface area contributed by atoms with Crippen LogP contribution in [-0.2, 0) is 9.59 Å². The Kier molecular flexibility index (Phi) is 6.84. The maximum absolute atomic E-state index is 12.5. The molecule has 2 amide bonds. The van der Waals surface area contributed by atoms with E-state index in [2.05, 4.69) is 10.2 Å². The van der Waals surface area contributed by atoms with E-state index < -0.39 is 0 Å². The first kappa shape index (κ1) is 19.8. The lowest BCUT2D eigenvalue weighted by molar-refractivity contribution is -0.130. The number of thioether (sulfide) groups is 1. The third kappa shape index (κ3) is 5.77. The van der Waals surface area contributed by atoms with Gasteiger partial charge in [-0.05, 0) is 32.0 Å². The predicted octanol–water partition coefficient (Wildman–Crippen LogP) is 1.22. The topological polar surface area (TPSA) is 71.1 Å². The van der Waals surface area contributed by atoms with Gasteiger partial charge in [-0.25, -0.2) is 0 Å².